The van der Waals surface area contributed by atoms with Gasteiger partial charge in [-0.15, -0.1) is 0 Å². The van der Waals surface area contributed by atoms with E-state index in [4.69, 9.17) is 5.11 Å². The number of rotatable bonds is 0. The minimum absolute atomic E-state index is 0.247. The molecule has 1 aliphatic heterocycles. The van der Waals surface area contributed by atoms with Crippen molar-refractivity contribution < 1.29 is 27.8 Å². The third-order valence-corrected chi connectivity index (χ3v) is 1.69. The van der Waals surface area contributed by atoms with Gasteiger partial charge in [-0.1, -0.05) is 6.07 Å². The summed E-state index contributed by atoms with van der Waals surface area (Å²) in [6, 6.07) is 3.68. The summed E-state index contributed by atoms with van der Waals surface area (Å²) in [5.41, 5.74) is 0. The Balaban J connectivity index is 2.46. The second kappa shape index (κ2) is 2.70. The van der Waals surface area contributed by atoms with E-state index in [2.05, 4.69) is 9.47 Å². The van der Waals surface area contributed by atoms with Crippen molar-refractivity contribution >= 4 is 0 Å². The molecule has 0 bridgehead atoms. The number of phenolic OH excluding ortho intramolecular Hbond substituents is 1. The van der Waals surface area contributed by atoms with Crippen molar-refractivity contribution in [2.24, 2.45) is 0 Å². The first-order valence-electron chi connectivity index (χ1n) is 3.70. The summed E-state index contributed by atoms with van der Waals surface area (Å²) < 4.78 is 46.0. The normalized spacial score (nSPS) is 23.2. The molecule has 0 unspecified atom stereocenters. The van der Waals surface area contributed by atoms with Crippen LogP contribution in [0.1, 0.15) is 0 Å². The fraction of sp³-hybridized carbons (Fsp3) is 0.250. The molecule has 1 heterocycles. The van der Waals surface area contributed by atoms with Gasteiger partial charge in [0.05, 0.1) is 0 Å². The number of halogens is 3. The van der Waals surface area contributed by atoms with E-state index >= 15 is 0 Å². The molecule has 0 amide bonds. The van der Waals surface area contributed by atoms with Gasteiger partial charge < -0.3 is 14.6 Å². The fourth-order valence-corrected chi connectivity index (χ4v) is 1.06. The van der Waals surface area contributed by atoms with Gasteiger partial charge in [0.15, 0.2) is 11.5 Å². The number of ether oxygens (including phenoxy) is 2. The van der Waals surface area contributed by atoms with Crippen molar-refractivity contribution in [2.75, 3.05) is 0 Å². The van der Waals surface area contributed by atoms with Crippen molar-refractivity contribution in [1.82, 2.24) is 0 Å². The zero-order valence-electron chi connectivity index (χ0n) is 6.71. The first-order chi connectivity index (χ1) is 6.50. The molecule has 0 fully saturated rings. The third-order valence-electron chi connectivity index (χ3n) is 1.69. The average molecular weight is 206 g/mol. The number of aromatic hydroxyl groups is 1. The summed E-state index contributed by atoms with van der Waals surface area (Å²) in [7, 11) is 0. The van der Waals surface area contributed by atoms with Crippen LogP contribution in [0.3, 0.4) is 0 Å². The minimum Gasteiger partial charge on any atom is -0.504 e. The van der Waals surface area contributed by atoms with Crippen LogP contribution >= 0.6 is 0 Å². The Morgan fingerprint density at radius 2 is 2.07 bits per heavy atom. The van der Waals surface area contributed by atoms with Gasteiger partial charge in [0.1, 0.15) is 0 Å². The number of phenols is 1. The van der Waals surface area contributed by atoms with Crippen molar-refractivity contribution in [1.29, 1.82) is 0 Å². The molecule has 14 heavy (non-hydrogen) atoms. The SMILES string of the molecule is Oc1cccc2c1OC(F)(F)[C@@H](F)O2. The number of hydrogen-bond acceptors (Lipinski definition) is 3. The van der Waals surface area contributed by atoms with Gasteiger partial charge in [0.25, 0.3) is 0 Å². The predicted molar refractivity (Wildman–Crippen MR) is 39.2 cm³/mol. The highest BCUT2D eigenvalue weighted by molar-refractivity contribution is 5.51. The van der Waals surface area contributed by atoms with Gasteiger partial charge in [0, 0.05) is 0 Å². The summed E-state index contributed by atoms with van der Waals surface area (Å²) in [6.45, 7) is 0. The van der Waals surface area contributed by atoms with Crippen molar-refractivity contribution in [3.63, 3.8) is 0 Å². The Morgan fingerprint density at radius 1 is 1.36 bits per heavy atom. The Morgan fingerprint density at radius 3 is 2.79 bits per heavy atom. The molecule has 0 spiro atoms. The summed E-state index contributed by atoms with van der Waals surface area (Å²) in [5.74, 6) is -1.32. The quantitative estimate of drug-likeness (QED) is 0.706. The summed E-state index contributed by atoms with van der Waals surface area (Å²) in [5, 5.41) is 9.11. The highest BCUT2D eigenvalue weighted by Crippen LogP contribution is 2.45. The van der Waals surface area contributed by atoms with Gasteiger partial charge in [-0.25, -0.2) is 0 Å². The third kappa shape index (κ3) is 1.23. The summed E-state index contributed by atoms with van der Waals surface area (Å²) in [4.78, 5) is 0. The molecule has 1 atom stereocenters. The molecule has 1 aromatic rings. The highest BCUT2D eigenvalue weighted by Gasteiger charge is 2.50. The van der Waals surface area contributed by atoms with Gasteiger partial charge >= 0.3 is 12.5 Å². The van der Waals surface area contributed by atoms with Crippen LogP contribution in [-0.4, -0.2) is 17.6 Å². The zero-order chi connectivity index (χ0) is 10.3. The van der Waals surface area contributed by atoms with E-state index in [1.165, 1.54) is 12.1 Å². The van der Waals surface area contributed by atoms with E-state index in [0.29, 0.717) is 0 Å². The highest BCUT2D eigenvalue weighted by atomic mass is 19.3. The lowest BCUT2D eigenvalue weighted by Gasteiger charge is -2.28. The van der Waals surface area contributed by atoms with E-state index in [1.807, 2.05) is 0 Å². The van der Waals surface area contributed by atoms with Crippen LogP contribution in [-0.2, 0) is 0 Å². The van der Waals surface area contributed by atoms with Gasteiger partial charge in [-0.05, 0) is 12.1 Å². The number of fused-ring (bicyclic) bond motifs is 1. The topological polar surface area (TPSA) is 38.7 Å². The monoisotopic (exact) mass is 206 g/mol. The maximum atomic E-state index is 12.6. The fourth-order valence-electron chi connectivity index (χ4n) is 1.06. The average Bonchev–Trinajstić information content (AvgIpc) is 2.09. The van der Waals surface area contributed by atoms with E-state index in [1.54, 1.807) is 0 Å². The van der Waals surface area contributed by atoms with Crippen LogP contribution in [0.15, 0.2) is 18.2 Å². The van der Waals surface area contributed by atoms with Crippen LogP contribution in [0, 0.1) is 0 Å². The van der Waals surface area contributed by atoms with Crippen molar-refractivity contribution in [3.8, 4) is 17.2 Å². The molecule has 1 N–H and O–H groups in total. The van der Waals surface area contributed by atoms with Crippen LogP contribution < -0.4 is 9.47 Å². The molecular weight excluding hydrogens is 201 g/mol. The number of alkyl halides is 3. The molecular formula is C8H5F3O3. The van der Waals surface area contributed by atoms with Crippen molar-refractivity contribution in [3.05, 3.63) is 18.2 Å². The molecule has 2 rings (SSSR count). The van der Waals surface area contributed by atoms with Gasteiger partial charge in [0.2, 0.25) is 5.75 Å². The molecule has 1 aliphatic rings. The van der Waals surface area contributed by atoms with Crippen LogP contribution in [0.25, 0.3) is 0 Å². The van der Waals surface area contributed by atoms with Gasteiger partial charge in [-0.3, -0.25) is 0 Å². The second-order valence-electron chi connectivity index (χ2n) is 2.70. The standard InChI is InChI=1S/C8H5F3O3/c9-7-8(10,11)14-6-4(12)2-1-3-5(6)13-7/h1-3,7,12H/t7-/m0/s1. The molecule has 76 valence electrons. The van der Waals surface area contributed by atoms with Crippen LogP contribution in [0.5, 0.6) is 17.2 Å². The lowest BCUT2D eigenvalue weighted by Crippen LogP contribution is -2.43. The molecule has 0 radical (unpaired) electrons. The van der Waals surface area contributed by atoms with E-state index in [9.17, 15) is 13.2 Å². The maximum Gasteiger partial charge on any atom is 0.468 e. The molecule has 6 heteroatoms. The summed E-state index contributed by atoms with van der Waals surface area (Å²) in [6.07, 6.45) is -6.94. The molecule has 3 nitrogen and oxygen atoms in total. The van der Waals surface area contributed by atoms with Crippen LogP contribution in [0.2, 0.25) is 0 Å². The van der Waals surface area contributed by atoms with Crippen molar-refractivity contribution in [2.45, 2.75) is 12.5 Å². The maximum absolute atomic E-state index is 12.6. The molecule has 0 aromatic heterocycles. The van der Waals surface area contributed by atoms with E-state index < -0.39 is 24.0 Å². The Bertz CT molecular complexity index is 367. The predicted octanol–water partition coefficient (Wildman–Crippen LogP) is 2.05. The van der Waals surface area contributed by atoms with E-state index in [-0.39, 0.29) is 5.75 Å². The Hall–Kier alpha value is -1.59. The molecule has 0 saturated carbocycles. The molecule has 0 saturated heterocycles. The zero-order valence-corrected chi connectivity index (χ0v) is 6.71. The van der Waals surface area contributed by atoms with Gasteiger partial charge in [-0.2, -0.15) is 13.2 Å². The largest absolute Gasteiger partial charge is 0.504 e. The lowest BCUT2D eigenvalue weighted by molar-refractivity contribution is -0.282. The number of para-hydroxylation sites is 1. The first-order valence-corrected chi connectivity index (χ1v) is 3.70. The first kappa shape index (κ1) is 8.98. The lowest BCUT2D eigenvalue weighted by atomic mass is 10.3. The molecule has 1 aromatic carbocycles. The minimum atomic E-state index is -4.08. The second-order valence-corrected chi connectivity index (χ2v) is 2.70. The van der Waals surface area contributed by atoms with E-state index in [0.717, 1.165) is 6.07 Å². The smallest absolute Gasteiger partial charge is 0.468 e. The number of benzene rings is 1. The molecule has 0 aliphatic carbocycles. The Kier molecular flexibility index (Phi) is 1.73. The Labute approximate surface area is 76.7 Å². The summed E-state index contributed by atoms with van der Waals surface area (Å²) >= 11 is 0. The number of hydrogen-bond donors (Lipinski definition) is 1. The van der Waals surface area contributed by atoms with Crippen LogP contribution in [0.4, 0.5) is 13.2 Å².